The van der Waals surface area contributed by atoms with Gasteiger partial charge in [0.2, 0.25) is 0 Å². The number of hydrogen-bond acceptors (Lipinski definition) is 6. The summed E-state index contributed by atoms with van der Waals surface area (Å²) in [6.45, 7) is 0. The minimum absolute atomic E-state index is 0.168. The van der Waals surface area contributed by atoms with Gasteiger partial charge in [-0.15, -0.1) is 0 Å². The standard InChI is InChI=1S/C16H11ClF3N3O3S/c1-26-23-9-15(10-2-4-12(17)5-3-10)27(24,25)14-6-11(16(18,19)20)8-22-13(14)7-21/h2-6,8-9,15H,1H3. The zero-order valence-electron chi connectivity index (χ0n) is 13.6. The molecule has 2 rings (SSSR count). The van der Waals surface area contributed by atoms with Gasteiger partial charge in [0.1, 0.15) is 23.3 Å². The van der Waals surface area contributed by atoms with Crippen molar-refractivity contribution in [3.8, 4) is 6.07 Å². The second-order valence-corrected chi connectivity index (χ2v) is 7.61. The molecule has 0 bridgehead atoms. The van der Waals surface area contributed by atoms with Crippen LogP contribution in [0.15, 0.2) is 46.6 Å². The predicted molar refractivity (Wildman–Crippen MR) is 90.8 cm³/mol. The van der Waals surface area contributed by atoms with E-state index in [2.05, 4.69) is 15.0 Å². The van der Waals surface area contributed by atoms with Crippen molar-refractivity contribution in [1.82, 2.24) is 4.98 Å². The van der Waals surface area contributed by atoms with Gasteiger partial charge in [0.25, 0.3) is 0 Å². The van der Waals surface area contributed by atoms with Crippen molar-refractivity contribution in [2.24, 2.45) is 5.16 Å². The number of sulfone groups is 1. The average Bonchev–Trinajstić information content (AvgIpc) is 2.62. The van der Waals surface area contributed by atoms with Gasteiger partial charge < -0.3 is 4.84 Å². The van der Waals surface area contributed by atoms with Gasteiger partial charge in [-0.05, 0) is 23.8 Å². The number of alkyl halides is 3. The third-order valence-electron chi connectivity index (χ3n) is 3.43. The normalized spacial score (nSPS) is 13.3. The Morgan fingerprint density at radius 3 is 2.48 bits per heavy atom. The van der Waals surface area contributed by atoms with Crippen LogP contribution in [0.2, 0.25) is 5.02 Å². The summed E-state index contributed by atoms with van der Waals surface area (Å²) in [5.74, 6) is 0. The third kappa shape index (κ3) is 4.56. The van der Waals surface area contributed by atoms with Crippen molar-refractivity contribution >= 4 is 27.7 Å². The first-order chi connectivity index (χ1) is 12.6. The van der Waals surface area contributed by atoms with E-state index in [9.17, 15) is 21.6 Å². The molecule has 0 N–H and O–H groups in total. The number of pyridine rings is 1. The number of halogens is 4. The number of rotatable bonds is 5. The van der Waals surface area contributed by atoms with E-state index in [-0.39, 0.29) is 5.56 Å². The molecule has 11 heteroatoms. The Balaban J connectivity index is 2.70. The SMILES string of the molecule is CON=CC(c1ccc(Cl)cc1)S(=O)(=O)c1cc(C(F)(F)F)cnc1C#N. The summed E-state index contributed by atoms with van der Waals surface area (Å²) in [4.78, 5) is 6.99. The third-order valence-corrected chi connectivity index (χ3v) is 5.67. The monoisotopic (exact) mass is 417 g/mol. The van der Waals surface area contributed by atoms with Crippen LogP contribution in [-0.2, 0) is 20.9 Å². The Labute approximate surface area is 157 Å². The highest BCUT2D eigenvalue weighted by molar-refractivity contribution is 7.92. The summed E-state index contributed by atoms with van der Waals surface area (Å²) >= 11 is 5.78. The molecule has 2 aromatic rings. The summed E-state index contributed by atoms with van der Waals surface area (Å²) in [6.07, 6.45) is -3.53. The summed E-state index contributed by atoms with van der Waals surface area (Å²) in [5.41, 5.74) is -1.78. The van der Waals surface area contributed by atoms with Gasteiger partial charge in [-0.3, -0.25) is 0 Å². The molecule has 0 aliphatic heterocycles. The van der Waals surface area contributed by atoms with Crippen molar-refractivity contribution in [2.75, 3.05) is 7.11 Å². The lowest BCUT2D eigenvalue weighted by Crippen LogP contribution is -2.18. The van der Waals surface area contributed by atoms with E-state index >= 15 is 0 Å². The lowest BCUT2D eigenvalue weighted by Gasteiger charge is -2.16. The molecule has 1 aromatic heterocycles. The van der Waals surface area contributed by atoms with Gasteiger partial charge >= 0.3 is 6.18 Å². The van der Waals surface area contributed by atoms with E-state index in [1.807, 2.05) is 0 Å². The number of aromatic nitrogens is 1. The first kappa shape index (κ1) is 20.7. The molecule has 142 valence electrons. The first-order valence-electron chi connectivity index (χ1n) is 7.14. The highest BCUT2D eigenvalue weighted by atomic mass is 35.5. The molecule has 1 atom stereocenters. The predicted octanol–water partition coefficient (Wildman–Crippen LogP) is 3.77. The molecule has 0 aliphatic rings. The maximum atomic E-state index is 13.0. The van der Waals surface area contributed by atoms with Crippen LogP contribution < -0.4 is 0 Å². The van der Waals surface area contributed by atoms with Crippen LogP contribution in [-0.4, -0.2) is 26.7 Å². The van der Waals surface area contributed by atoms with Crippen LogP contribution in [0.25, 0.3) is 0 Å². The molecule has 1 aromatic carbocycles. The zero-order valence-corrected chi connectivity index (χ0v) is 15.2. The summed E-state index contributed by atoms with van der Waals surface area (Å²) in [7, 11) is -3.35. The summed E-state index contributed by atoms with van der Waals surface area (Å²) in [5, 5.41) is 11.3. The average molecular weight is 418 g/mol. The van der Waals surface area contributed by atoms with E-state index in [1.54, 1.807) is 0 Å². The fraction of sp³-hybridized carbons (Fsp3) is 0.188. The lowest BCUT2D eigenvalue weighted by molar-refractivity contribution is -0.138. The quantitative estimate of drug-likeness (QED) is 0.545. The fourth-order valence-electron chi connectivity index (χ4n) is 2.15. The number of oxime groups is 1. The minimum atomic E-state index is -4.83. The van der Waals surface area contributed by atoms with Gasteiger partial charge in [-0.2, -0.15) is 18.4 Å². The number of benzene rings is 1. The van der Waals surface area contributed by atoms with Crippen LogP contribution in [0.5, 0.6) is 0 Å². The Bertz CT molecular complexity index is 1000. The highest BCUT2D eigenvalue weighted by Gasteiger charge is 2.36. The molecule has 1 unspecified atom stereocenters. The molecule has 0 spiro atoms. The van der Waals surface area contributed by atoms with Crippen LogP contribution in [0.4, 0.5) is 13.2 Å². The molecule has 0 aliphatic carbocycles. The van der Waals surface area contributed by atoms with Gasteiger partial charge in [0.15, 0.2) is 15.5 Å². The number of nitriles is 1. The molecule has 0 saturated heterocycles. The van der Waals surface area contributed by atoms with E-state index in [0.717, 1.165) is 6.21 Å². The van der Waals surface area contributed by atoms with Gasteiger partial charge in [-0.1, -0.05) is 28.9 Å². The van der Waals surface area contributed by atoms with Crippen molar-refractivity contribution in [3.63, 3.8) is 0 Å². The topological polar surface area (TPSA) is 92.4 Å². The van der Waals surface area contributed by atoms with Crippen LogP contribution in [0.1, 0.15) is 22.1 Å². The number of hydrogen-bond donors (Lipinski definition) is 0. The van der Waals surface area contributed by atoms with Crippen molar-refractivity contribution < 1.29 is 26.4 Å². The Kier molecular flexibility index (Phi) is 6.08. The molecule has 27 heavy (non-hydrogen) atoms. The molecule has 0 radical (unpaired) electrons. The minimum Gasteiger partial charge on any atom is -0.399 e. The van der Waals surface area contributed by atoms with Gasteiger partial charge in [-0.25, -0.2) is 13.4 Å². The van der Waals surface area contributed by atoms with Crippen molar-refractivity contribution in [3.05, 3.63) is 58.4 Å². The smallest absolute Gasteiger partial charge is 0.399 e. The Morgan fingerprint density at radius 1 is 1.33 bits per heavy atom. The largest absolute Gasteiger partial charge is 0.417 e. The maximum Gasteiger partial charge on any atom is 0.417 e. The first-order valence-corrected chi connectivity index (χ1v) is 9.07. The molecular formula is C16H11ClF3N3O3S. The Hall–Kier alpha value is -2.64. The van der Waals surface area contributed by atoms with Crippen molar-refractivity contribution in [1.29, 1.82) is 5.26 Å². The molecule has 1 heterocycles. The summed E-state index contributed by atoms with van der Waals surface area (Å²) in [6, 6.07) is 7.45. The van der Waals surface area contributed by atoms with Crippen molar-refractivity contribution in [2.45, 2.75) is 16.3 Å². The van der Waals surface area contributed by atoms with Gasteiger partial charge in [0.05, 0.1) is 11.8 Å². The van der Waals surface area contributed by atoms with E-state index in [1.165, 1.54) is 37.4 Å². The van der Waals surface area contributed by atoms with Crippen LogP contribution >= 0.6 is 11.6 Å². The van der Waals surface area contributed by atoms with Gasteiger partial charge in [0, 0.05) is 11.2 Å². The molecule has 6 nitrogen and oxygen atoms in total. The molecule has 0 amide bonds. The second-order valence-electron chi connectivity index (χ2n) is 5.13. The van der Waals surface area contributed by atoms with E-state index < -0.39 is 37.4 Å². The van der Waals surface area contributed by atoms with Crippen LogP contribution in [0.3, 0.4) is 0 Å². The molecular weight excluding hydrogens is 407 g/mol. The Morgan fingerprint density at radius 2 is 1.96 bits per heavy atom. The van der Waals surface area contributed by atoms with Crippen LogP contribution in [0, 0.1) is 11.3 Å². The molecule has 0 fully saturated rings. The zero-order chi connectivity index (χ0) is 20.2. The lowest BCUT2D eigenvalue weighted by atomic mass is 10.2. The van der Waals surface area contributed by atoms with E-state index in [4.69, 9.17) is 16.9 Å². The highest BCUT2D eigenvalue weighted by Crippen LogP contribution is 2.34. The van der Waals surface area contributed by atoms with E-state index in [0.29, 0.717) is 17.3 Å². The number of nitrogens with zero attached hydrogens (tertiary/aromatic N) is 3. The maximum absolute atomic E-state index is 13.0. The fourth-order valence-corrected chi connectivity index (χ4v) is 3.94. The molecule has 0 saturated carbocycles. The summed E-state index contributed by atoms with van der Waals surface area (Å²) < 4.78 is 65.0. The second kappa shape index (κ2) is 7.94.